The zero-order chi connectivity index (χ0) is 15.3. The van der Waals surface area contributed by atoms with Gasteiger partial charge >= 0.3 is 0 Å². The maximum atomic E-state index is 12.5. The minimum atomic E-state index is -3.64. The molecule has 1 aromatic rings. The standard InChI is InChI=1S/C14H22N4O2S/c15-14(16)13(12-8-4-3-5-9-12)17-21(19,20)18-10-6-1-2-7-11-18/h3-5,8-9,13,17H,1-2,6-7,10-11H2,(H3,15,16). The number of nitrogens with zero attached hydrogens (tertiary/aromatic N) is 1. The van der Waals surface area contributed by atoms with Crippen molar-refractivity contribution in [3.05, 3.63) is 35.9 Å². The first-order chi connectivity index (χ1) is 10.0. The van der Waals surface area contributed by atoms with Crippen LogP contribution < -0.4 is 10.5 Å². The van der Waals surface area contributed by atoms with E-state index in [0.29, 0.717) is 18.7 Å². The number of hydrogen-bond acceptors (Lipinski definition) is 3. The van der Waals surface area contributed by atoms with Crippen LogP contribution in [-0.4, -0.2) is 31.6 Å². The number of amidine groups is 1. The summed E-state index contributed by atoms with van der Waals surface area (Å²) in [7, 11) is -3.64. The highest BCUT2D eigenvalue weighted by Crippen LogP contribution is 2.17. The molecule has 0 saturated carbocycles. The summed E-state index contributed by atoms with van der Waals surface area (Å²) in [5.41, 5.74) is 6.24. The third-order valence-electron chi connectivity index (χ3n) is 3.62. The van der Waals surface area contributed by atoms with Crippen LogP contribution in [0, 0.1) is 5.41 Å². The fourth-order valence-corrected chi connectivity index (χ4v) is 3.91. The fraction of sp³-hybridized carbons (Fsp3) is 0.500. The lowest BCUT2D eigenvalue weighted by molar-refractivity contribution is 0.413. The van der Waals surface area contributed by atoms with Crippen LogP contribution in [0.4, 0.5) is 0 Å². The molecule has 1 atom stereocenters. The molecular formula is C14H22N4O2S. The molecule has 1 heterocycles. The van der Waals surface area contributed by atoms with Crippen molar-refractivity contribution in [2.24, 2.45) is 5.73 Å². The molecule has 2 rings (SSSR count). The Morgan fingerprint density at radius 3 is 2.24 bits per heavy atom. The molecule has 116 valence electrons. The first kappa shape index (κ1) is 15.9. The average Bonchev–Trinajstić information content (AvgIpc) is 2.75. The molecule has 0 amide bonds. The van der Waals surface area contributed by atoms with Crippen LogP contribution in [0.3, 0.4) is 0 Å². The molecule has 1 aliphatic heterocycles. The Labute approximate surface area is 126 Å². The van der Waals surface area contributed by atoms with E-state index in [4.69, 9.17) is 11.1 Å². The molecule has 0 aliphatic carbocycles. The molecule has 4 N–H and O–H groups in total. The molecule has 1 aliphatic rings. The predicted octanol–water partition coefficient (Wildman–Crippen LogP) is 1.37. The van der Waals surface area contributed by atoms with Gasteiger partial charge in [-0.25, -0.2) is 0 Å². The minimum Gasteiger partial charge on any atom is -0.386 e. The summed E-state index contributed by atoms with van der Waals surface area (Å²) < 4.78 is 29.0. The van der Waals surface area contributed by atoms with E-state index in [1.807, 2.05) is 6.07 Å². The molecule has 1 aromatic carbocycles. The van der Waals surface area contributed by atoms with Gasteiger partial charge in [0.25, 0.3) is 10.2 Å². The van der Waals surface area contributed by atoms with Gasteiger partial charge in [0.1, 0.15) is 11.9 Å². The van der Waals surface area contributed by atoms with Crippen molar-refractivity contribution in [2.75, 3.05) is 13.1 Å². The van der Waals surface area contributed by atoms with Crippen molar-refractivity contribution in [3.63, 3.8) is 0 Å². The van der Waals surface area contributed by atoms with Crippen LogP contribution in [0.2, 0.25) is 0 Å². The molecule has 7 heteroatoms. The van der Waals surface area contributed by atoms with Gasteiger partial charge in [0, 0.05) is 13.1 Å². The van der Waals surface area contributed by atoms with Crippen LogP contribution in [0.1, 0.15) is 37.3 Å². The van der Waals surface area contributed by atoms with Crippen molar-refractivity contribution in [1.82, 2.24) is 9.03 Å². The maximum Gasteiger partial charge on any atom is 0.280 e. The first-order valence-corrected chi connectivity index (χ1v) is 8.61. The molecule has 0 spiro atoms. The third-order valence-corrected chi connectivity index (χ3v) is 5.19. The van der Waals surface area contributed by atoms with Gasteiger partial charge in [0.15, 0.2) is 0 Å². The normalized spacial score (nSPS) is 18.9. The topological polar surface area (TPSA) is 99.3 Å². The van der Waals surface area contributed by atoms with Gasteiger partial charge in [-0.1, -0.05) is 43.2 Å². The summed E-state index contributed by atoms with van der Waals surface area (Å²) in [5, 5.41) is 7.66. The van der Waals surface area contributed by atoms with Gasteiger partial charge in [-0.3, -0.25) is 5.41 Å². The van der Waals surface area contributed by atoms with E-state index >= 15 is 0 Å². The highest BCUT2D eigenvalue weighted by atomic mass is 32.2. The van der Waals surface area contributed by atoms with Crippen molar-refractivity contribution in [2.45, 2.75) is 31.7 Å². The lowest BCUT2D eigenvalue weighted by Gasteiger charge is -2.24. The molecule has 0 aromatic heterocycles. The van der Waals surface area contributed by atoms with Crippen LogP contribution in [0.15, 0.2) is 30.3 Å². The van der Waals surface area contributed by atoms with E-state index in [9.17, 15) is 8.42 Å². The summed E-state index contributed by atoms with van der Waals surface area (Å²) in [4.78, 5) is 0. The van der Waals surface area contributed by atoms with E-state index in [-0.39, 0.29) is 5.84 Å². The number of rotatable bonds is 5. The summed E-state index contributed by atoms with van der Waals surface area (Å²) >= 11 is 0. The molecule has 0 bridgehead atoms. The Bertz CT molecular complexity index is 566. The van der Waals surface area contributed by atoms with E-state index in [0.717, 1.165) is 25.7 Å². The van der Waals surface area contributed by atoms with Gasteiger partial charge in [-0.15, -0.1) is 0 Å². The van der Waals surface area contributed by atoms with Crippen molar-refractivity contribution in [1.29, 1.82) is 5.41 Å². The smallest absolute Gasteiger partial charge is 0.280 e. The molecule has 6 nitrogen and oxygen atoms in total. The van der Waals surface area contributed by atoms with Crippen LogP contribution >= 0.6 is 0 Å². The average molecular weight is 310 g/mol. The van der Waals surface area contributed by atoms with E-state index in [1.54, 1.807) is 24.3 Å². The SMILES string of the molecule is N=C(N)C(NS(=O)(=O)N1CCCCCC1)c1ccccc1. The lowest BCUT2D eigenvalue weighted by Crippen LogP contribution is -2.46. The summed E-state index contributed by atoms with van der Waals surface area (Å²) in [5.74, 6) is -0.209. The predicted molar refractivity (Wildman–Crippen MR) is 83.2 cm³/mol. The molecule has 1 fully saturated rings. The Balaban J connectivity index is 2.17. The Kier molecular flexibility index (Phi) is 5.33. The van der Waals surface area contributed by atoms with Gasteiger partial charge in [-0.05, 0) is 18.4 Å². The Morgan fingerprint density at radius 1 is 1.14 bits per heavy atom. The molecular weight excluding hydrogens is 288 g/mol. The van der Waals surface area contributed by atoms with Gasteiger partial charge < -0.3 is 5.73 Å². The third kappa shape index (κ3) is 4.26. The first-order valence-electron chi connectivity index (χ1n) is 7.17. The van der Waals surface area contributed by atoms with E-state index in [1.165, 1.54) is 4.31 Å². The second-order valence-electron chi connectivity index (χ2n) is 5.24. The summed E-state index contributed by atoms with van der Waals surface area (Å²) in [6.07, 6.45) is 3.86. The molecule has 1 saturated heterocycles. The Morgan fingerprint density at radius 2 is 1.71 bits per heavy atom. The van der Waals surface area contributed by atoms with Crippen LogP contribution in [0.5, 0.6) is 0 Å². The fourth-order valence-electron chi connectivity index (χ4n) is 2.46. The Hall–Kier alpha value is -1.44. The van der Waals surface area contributed by atoms with Crippen molar-refractivity contribution in [3.8, 4) is 0 Å². The zero-order valence-electron chi connectivity index (χ0n) is 12.0. The zero-order valence-corrected chi connectivity index (χ0v) is 12.8. The number of nitrogens with two attached hydrogens (primary N) is 1. The van der Waals surface area contributed by atoms with Gasteiger partial charge in [0.05, 0.1) is 0 Å². The summed E-state index contributed by atoms with van der Waals surface area (Å²) in [6, 6.07) is 8.13. The van der Waals surface area contributed by atoms with Gasteiger partial charge in [-0.2, -0.15) is 17.4 Å². The van der Waals surface area contributed by atoms with Crippen molar-refractivity contribution >= 4 is 16.0 Å². The summed E-state index contributed by atoms with van der Waals surface area (Å²) in [6.45, 7) is 1.05. The number of nitrogens with one attached hydrogen (secondary N) is 2. The van der Waals surface area contributed by atoms with Crippen molar-refractivity contribution < 1.29 is 8.42 Å². The molecule has 0 radical (unpaired) electrons. The highest BCUT2D eigenvalue weighted by Gasteiger charge is 2.28. The second kappa shape index (κ2) is 7.02. The molecule has 21 heavy (non-hydrogen) atoms. The lowest BCUT2D eigenvalue weighted by atomic mass is 10.1. The molecule has 1 unspecified atom stereocenters. The van der Waals surface area contributed by atoms with Gasteiger partial charge in [0.2, 0.25) is 0 Å². The largest absolute Gasteiger partial charge is 0.386 e. The van der Waals surface area contributed by atoms with Crippen LogP contribution in [0.25, 0.3) is 0 Å². The highest BCUT2D eigenvalue weighted by molar-refractivity contribution is 7.87. The quantitative estimate of drug-likeness (QED) is 0.566. The number of benzene rings is 1. The van der Waals surface area contributed by atoms with E-state index < -0.39 is 16.3 Å². The van der Waals surface area contributed by atoms with E-state index in [2.05, 4.69) is 4.72 Å². The maximum absolute atomic E-state index is 12.5. The van der Waals surface area contributed by atoms with Crippen LogP contribution in [-0.2, 0) is 10.2 Å². The number of hydrogen-bond donors (Lipinski definition) is 3. The monoisotopic (exact) mass is 310 g/mol. The minimum absolute atomic E-state index is 0.209. The second-order valence-corrected chi connectivity index (χ2v) is 6.94.